The van der Waals surface area contributed by atoms with Gasteiger partial charge in [0.25, 0.3) is 0 Å². The highest BCUT2D eigenvalue weighted by molar-refractivity contribution is 5.78. The molecule has 0 saturated carbocycles. The van der Waals surface area contributed by atoms with Gasteiger partial charge in [-0.1, -0.05) is 74.9 Å². The van der Waals surface area contributed by atoms with Crippen molar-refractivity contribution >= 4 is 22.6 Å². The number of hydrogen-bond donors (Lipinski definition) is 2. The Morgan fingerprint density at radius 1 is 1.00 bits per heavy atom. The molecule has 2 fully saturated rings. The van der Waals surface area contributed by atoms with E-state index >= 15 is 0 Å². The first kappa shape index (κ1) is 29.6. The Bertz CT molecular complexity index is 1760. The van der Waals surface area contributed by atoms with E-state index < -0.39 is 22.8 Å². The number of β-amino-alcohol motifs (C(OH)–C–C–N with tert-alkyl or cyclic N) is 1. The molecule has 1 unspecified atom stereocenters. The highest BCUT2D eigenvalue weighted by Crippen LogP contribution is 2.56. The van der Waals surface area contributed by atoms with Gasteiger partial charge in [0.15, 0.2) is 11.0 Å². The van der Waals surface area contributed by atoms with Crippen LogP contribution in [0.15, 0.2) is 75.6 Å². The number of nitrogens with zero attached hydrogens (tertiary/aromatic N) is 5. The number of aliphatic hydroxyl groups is 1. The number of carboxylic acid groups (broad SMARTS) is 1. The van der Waals surface area contributed by atoms with E-state index in [9.17, 15) is 15.0 Å². The lowest BCUT2D eigenvalue weighted by atomic mass is 9.58. The molecular formula is C35H39N5O5. The first-order chi connectivity index (χ1) is 21.7. The molecule has 0 bridgehead atoms. The third-order valence-electron chi connectivity index (χ3n) is 9.84. The number of fused-ring (bicyclic) bond motifs is 1. The number of oxazole rings is 1. The molecule has 0 amide bonds. The van der Waals surface area contributed by atoms with Crippen LogP contribution in [0.2, 0.25) is 0 Å². The van der Waals surface area contributed by atoms with E-state index in [1.165, 1.54) is 0 Å². The van der Waals surface area contributed by atoms with Gasteiger partial charge in [-0.3, -0.25) is 14.6 Å². The van der Waals surface area contributed by atoms with E-state index in [1.807, 2.05) is 53.5 Å². The van der Waals surface area contributed by atoms with Gasteiger partial charge in [-0.15, -0.1) is 10.2 Å². The topological polar surface area (TPSA) is 129 Å². The molecule has 4 aromatic rings. The molecule has 0 radical (unpaired) electrons. The van der Waals surface area contributed by atoms with Crippen LogP contribution in [0, 0.1) is 5.41 Å². The second-order valence-electron chi connectivity index (χ2n) is 13.1. The van der Waals surface area contributed by atoms with Crippen LogP contribution in [0.1, 0.15) is 68.3 Å². The fourth-order valence-electron chi connectivity index (χ4n) is 7.32. The summed E-state index contributed by atoms with van der Waals surface area (Å²) in [6.45, 7) is 7.39. The predicted molar refractivity (Wildman–Crippen MR) is 168 cm³/mol. The van der Waals surface area contributed by atoms with Gasteiger partial charge in [0.05, 0.1) is 12.6 Å². The van der Waals surface area contributed by atoms with E-state index in [-0.39, 0.29) is 6.10 Å². The molecule has 234 valence electrons. The molecular weight excluding hydrogens is 570 g/mol. The number of rotatable bonds is 8. The van der Waals surface area contributed by atoms with Crippen LogP contribution in [0.5, 0.6) is 0 Å². The lowest BCUT2D eigenvalue weighted by Gasteiger charge is -2.43. The van der Waals surface area contributed by atoms with E-state index in [0.29, 0.717) is 54.8 Å². The molecule has 2 aromatic heterocycles. The van der Waals surface area contributed by atoms with Gasteiger partial charge in [0.1, 0.15) is 11.6 Å². The third kappa shape index (κ3) is 5.30. The zero-order valence-electron chi connectivity index (χ0n) is 25.7. The maximum atomic E-state index is 11.9. The standard InChI is InChI=1S/C35H39N5O5/c1-34(2)26(24-9-4-3-5-10-24)11-8-16-35(34,33-38-37-30(45-33)22-39-18-15-25(41)21-39)32-36-27-19-23(13-14-29(27)44-32)20-40-17-7-6-12-28(40)31(42)43/h3-5,8-11,13-14,16,19,25,28,41H,6-7,12,15,17-18,20-22H2,1-2H3,(H,42,43)/t25-,28+,35?/m1/s1. The molecule has 7 rings (SSSR count). The second kappa shape index (κ2) is 11.7. The van der Waals surface area contributed by atoms with Crippen molar-refractivity contribution < 1.29 is 23.8 Å². The lowest BCUT2D eigenvalue weighted by molar-refractivity contribution is -0.144. The largest absolute Gasteiger partial charge is 0.480 e. The number of piperidine rings is 1. The molecule has 2 aromatic carbocycles. The third-order valence-corrected chi connectivity index (χ3v) is 9.84. The fourth-order valence-corrected chi connectivity index (χ4v) is 7.32. The van der Waals surface area contributed by atoms with Crippen LogP contribution in [0.3, 0.4) is 0 Å². The Balaban J connectivity index is 1.29. The summed E-state index contributed by atoms with van der Waals surface area (Å²) in [4.78, 5) is 21.1. The lowest BCUT2D eigenvalue weighted by Crippen LogP contribution is -2.44. The SMILES string of the molecule is CC1(C)C(c2ccccc2)=CC=CC1(c1nnc(CN2CC[C@@H](O)C2)o1)c1nc2cc(CN3CCCC[C@H]3C(=O)O)ccc2o1. The average molecular weight is 610 g/mol. The van der Waals surface area contributed by atoms with Gasteiger partial charge >= 0.3 is 5.97 Å². The van der Waals surface area contributed by atoms with Gasteiger partial charge in [-0.05, 0) is 54.6 Å². The number of aliphatic hydroxyl groups excluding tert-OH is 1. The molecule has 10 nitrogen and oxygen atoms in total. The van der Waals surface area contributed by atoms with E-state index in [4.69, 9.17) is 13.8 Å². The van der Waals surface area contributed by atoms with Gasteiger partial charge in [0.2, 0.25) is 17.7 Å². The Kier molecular flexibility index (Phi) is 7.67. The molecule has 2 N–H and O–H groups in total. The van der Waals surface area contributed by atoms with E-state index in [1.54, 1.807) is 0 Å². The van der Waals surface area contributed by atoms with Gasteiger partial charge in [0, 0.05) is 25.0 Å². The maximum Gasteiger partial charge on any atom is 0.320 e. The zero-order chi connectivity index (χ0) is 31.2. The van der Waals surface area contributed by atoms with Crippen LogP contribution in [-0.2, 0) is 23.3 Å². The van der Waals surface area contributed by atoms with E-state index in [2.05, 4.69) is 47.2 Å². The Morgan fingerprint density at radius 3 is 2.62 bits per heavy atom. The number of benzene rings is 2. The summed E-state index contributed by atoms with van der Waals surface area (Å²) in [5.41, 5.74) is 2.83. The maximum absolute atomic E-state index is 11.9. The van der Waals surface area contributed by atoms with Crippen molar-refractivity contribution in [1.29, 1.82) is 0 Å². The predicted octanol–water partition coefficient (Wildman–Crippen LogP) is 5.18. The number of aliphatic carboxylic acids is 1. The van der Waals surface area contributed by atoms with Crippen molar-refractivity contribution in [3.63, 3.8) is 0 Å². The molecule has 3 atom stereocenters. The minimum atomic E-state index is -1.02. The summed E-state index contributed by atoms with van der Waals surface area (Å²) in [5, 5.41) is 28.9. The van der Waals surface area contributed by atoms with Crippen LogP contribution >= 0.6 is 0 Å². The monoisotopic (exact) mass is 609 g/mol. The normalized spacial score (nSPS) is 25.5. The Labute approximate surface area is 262 Å². The number of carboxylic acids is 1. The summed E-state index contributed by atoms with van der Waals surface area (Å²) in [6.07, 6.45) is 9.15. The number of allylic oxidation sites excluding steroid dienone is 4. The summed E-state index contributed by atoms with van der Waals surface area (Å²) < 4.78 is 13.0. The molecule has 10 heteroatoms. The van der Waals surface area contributed by atoms with E-state index in [0.717, 1.165) is 49.1 Å². The molecule has 1 aliphatic carbocycles. The quantitative estimate of drug-likeness (QED) is 0.276. The molecule has 2 aliphatic heterocycles. The van der Waals surface area contributed by atoms with Crippen molar-refractivity contribution in [2.75, 3.05) is 19.6 Å². The number of hydrogen-bond acceptors (Lipinski definition) is 9. The minimum Gasteiger partial charge on any atom is -0.480 e. The van der Waals surface area contributed by atoms with Crippen molar-refractivity contribution in [1.82, 2.24) is 25.0 Å². The van der Waals surface area contributed by atoms with Gasteiger partial charge in [-0.2, -0.15) is 0 Å². The average Bonchev–Trinajstić information content (AvgIpc) is 3.78. The number of aromatic nitrogens is 3. The van der Waals surface area contributed by atoms with Crippen molar-refractivity contribution in [2.24, 2.45) is 5.41 Å². The molecule has 2 saturated heterocycles. The first-order valence-electron chi connectivity index (χ1n) is 15.8. The molecule has 4 heterocycles. The summed E-state index contributed by atoms with van der Waals surface area (Å²) in [5.74, 6) is 0.552. The van der Waals surface area contributed by atoms with Crippen LogP contribution in [0.4, 0.5) is 0 Å². The van der Waals surface area contributed by atoms with Crippen molar-refractivity contribution in [3.05, 3.63) is 95.6 Å². The Hall–Kier alpha value is -4.12. The zero-order valence-corrected chi connectivity index (χ0v) is 25.7. The smallest absolute Gasteiger partial charge is 0.320 e. The van der Waals surface area contributed by atoms with Crippen LogP contribution in [0.25, 0.3) is 16.7 Å². The molecule has 3 aliphatic rings. The van der Waals surface area contributed by atoms with Gasteiger partial charge in [-0.25, -0.2) is 4.98 Å². The fraction of sp³-hybridized carbons (Fsp3) is 0.429. The van der Waals surface area contributed by atoms with Gasteiger partial charge < -0.3 is 19.0 Å². The first-order valence-corrected chi connectivity index (χ1v) is 15.8. The number of carbonyl (C=O) groups is 1. The van der Waals surface area contributed by atoms with Crippen molar-refractivity contribution in [2.45, 2.75) is 70.2 Å². The van der Waals surface area contributed by atoms with Crippen LogP contribution in [-0.4, -0.2) is 72.9 Å². The molecule has 45 heavy (non-hydrogen) atoms. The summed E-state index contributed by atoms with van der Waals surface area (Å²) in [6, 6.07) is 15.7. The Morgan fingerprint density at radius 2 is 1.84 bits per heavy atom. The van der Waals surface area contributed by atoms with Crippen molar-refractivity contribution in [3.8, 4) is 0 Å². The number of likely N-dealkylation sites (tertiary alicyclic amines) is 2. The summed E-state index contributed by atoms with van der Waals surface area (Å²) in [7, 11) is 0. The summed E-state index contributed by atoms with van der Waals surface area (Å²) >= 11 is 0. The molecule has 0 spiro atoms. The van der Waals surface area contributed by atoms with Crippen LogP contribution < -0.4 is 0 Å². The minimum absolute atomic E-state index is 0.341. The highest BCUT2D eigenvalue weighted by Gasteiger charge is 2.57. The second-order valence-corrected chi connectivity index (χ2v) is 13.1. The highest BCUT2D eigenvalue weighted by atomic mass is 16.4.